The molecule has 150 valence electrons. The van der Waals surface area contributed by atoms with Crippen LogP contribution in [0, 0.1) is 25.5 Å². The third kappa shape index (κ3) is 4.78. The number of sulfonamides is 1. The second-order valence-corrected chi connectivity index (χ2v) is 8.21. The van der Waals surface area contributed by atoms with Crippen molar-refractivity contribution in [2.24, 2.45) is 0 Å². The lowest BCUT2D eigenvalue weighted by molar-refractivity contribution is 0.102. The van der Waals surface area contributed by atoms with Gasteiger partial charge in [0, 0.05) is 11.6 Å². The number of aryl methyl sites for hydroxylation is 2. The molecule has 8 heteroatoms. The summed E-state index contributed by atoms with van der Waals surface area (Å²) < 4.78 is 54.2. The molecule has 0 spiro atoms. The van der Waals surface area contributed by atoms with Crippen LogP contribution in [0.3, 0.4) is 0 Å². The Morgan fingerprint density at radius 3 is 2.14 bits per heavy atom. The Bertz CT molecular complexity index is 1180. The van der Waals surface area contributed by atoms with Crippen molar-refractivity contribution >= 4 is 27.3 Å². The zero-order chi connectivity index (χ0) is 21.2. The summed E-state index contributed by atoms with van der Waals surface area (Å²) in [5.74, 6) is -2.24. The van der Waals surface area contributed by atoms with Crippen LogP contribution in [0.4, 0.5) is 20.2 Å². The van der Waals surface area contributed by atoms with Crippen molar-refractivity contribution in [3.63, 3.8) is 0 Å². The maximum Gasteiger partial charge on any atom is 0.261 e. The quantitative estimate of drug-likeness (QED) is 0.637. The summed E-state index contributed by atoms with van der Waals surface area (Å²) in [5.41, 5.74) is 1.80. The molecule has 2 N–H and O–H groups in total. The normalized spacial score (nSPS) is 11.2. The van der Waals surface area contributed by atoms with E-state index in [1.54, 1.807) is 19.1 Å². The molecule has 1 amide bonds. The number of benzene rings is 3. The second kappa shape index (κ2) is 8.00. The molecule has 5 nitrogen and oxygen atoms in total. The lowest BCUT2D eigenvalue weighted by Gasteiger charge is -2.12. The zero-order valence-electron chi connectivity index (χ0n) is 15.7. The molecule has 0 aromatic heterocycles. The first-order chi connectivity index (χ1) is 13.7. The van der Waals surface area contributed by atoms with E-state index in [2.05, 4.69) is 10.0 Å². The van der Waals surface area contributed by atoms with Gasteiger partial charge in [-0.1, -0.05) is 17.7 Å². The molecule has 0 aliphatic carbocycles. The van der Waals surface area contributed by atoms with Crippen molar-refractivity contribution in [2.45, 2.75) is 18.7 Å². The number of carbonyl (C=O) groups is 1. The topological polar surface area (TPSA) is 75.3 Å². The van der Waals surface area contributed by atoms with Gasteiger partial charge in [0.1, 0.15) is 11.6 Å². The third-order valence-corrected chi connectivity index (χ3v) is 5.62. The third-order valence-electron chi connectivity index (χ3n) is 4.24. The number of halogens is 2. The van der Waals surface area contributed by atoms with Gasteiger partial charge in [0.2, 0.25) is 0 Å². The number of rotatable bonds is 5. The molecular formula is C21H18F2N2O3S. The van der Waals surface area contributed by atoms with Crippen molar-refractivity contribution in [1.82, 2.24) is 0 Å². The molecule has 0 fully saturated rings. The molecule has 0 unspecified atom stereocenters. The molecule has 29 heavy (non-hydrogen) atoms. The average Bonchev–Trinajstić information content (AvgIpc) is 2.66. The van der Waals surface area contributed by atoms with Gasteiger partial charge in [0.25, 0.3) is 15.9 Å². The highest BCUT2D eigenvalue weighted by molar-refractivity contribution is 7.92. The second-order valence-electron chi connectivity index (χ2n) is 6.53. The van der Waals surface area contributed by atoms with Gasteiger partial charge in [-0.25, -0.2) is 17.2 Å². The van der Waals surface area contributed by atoms with Crippen LogP contribution in [0.1, 0.15) is 21.5 Å². The summed E-state index contributed by atoms with van der Waals surface area (Å²) in [4.78, 5) is 12.5. The van der Waals surface area contributed by atoms with Gasteiger partial charge in [-0.3, -0.25) is 9.52 Å². The van der Waals surface area contributed by atoms with E-state index >= 15 is 0 Å². The van der Waals surface area contributed by atoms with Gasteiger partial charge in [-0.05, 0) is 61.9 Å². The van der Waals surface area contributed by atoms with E-state index in [0.29, 0.717) is 17.3 Å². The summed E-state index contributed by atoms with van der Waals surface area (Å²) >= 11 is 0. The predicted molar refractivity (Wildman–Crippen MR) is 107 cm³/mol. The fourth-order valence-corrected chi connectivity index (χ4v) is 3.76. The van der Waals surface area contributed by atoms with Gasteiger partial charge < -0.3 is 5.32 Å². The Morgan fingerprint density at radius 1 is 0.862 bits per heavy atom. The van der Waals surface area contributed by atoms with Crippen LogP contribution >= 0.6 is 0 Å². The van der Waals surface area contributed by atoms with Gasteiger partial charge in [0.15, 0.2) is 0 Å². The smallest absolute Gasteiger partial charge is 0.261 e. The Balaban J connectivity index is 1.79. The number of hydrogen-bond acceptors (Lipinski definition) is 3. The highest BCUT2D eigenvalue weighted by Gasteiger charge is 2.16. The SMILES string of the molecule is Cc1ccc(S(=O)(=O)Nc2ccc(C(=O)Nc3ccc(F)cc3F)cc2C)cc1. The minimum Gasteiger partial charge on any atom is -0.319 e. The molecule has 0 bridgehead atoms. The molecule has 0 atom stereocenters. The largest absolute Gasteiger partial charge is 0.319 e. The molecular weight excluding hydrogens is 398 g/mol. The molecule has 0 saturated heterocycles. The van der Waals surface area contributed by atoms with Crippen molar-refractivity contribution in [1.29, 1.82) is 0 Å². The summed E-state index contributed by atoms with van der Waals surface area (Å²) in [6, 6.07) is 13.6. The van der Waals surface area contributed by atoms with Crippen molar-refractivity contribution in [2.75, 3.05) is 10.0 Å². The summed E-state index contributed by atoms with van der Waals surface area (Å²) in [7, 11) is -3.78. The first kappa shape index (κ1) is 20.5. The molecule has 0 radical (unpaired) electrons. The fourth-order valence-electron chi connectivity index (χ4n) is 2.63. The average molecular weight is 416 g/mol. The van der Waals surface area contributed by atoms with E-state index in [-0.39, 0.29) is 16.1 Å². The van der Waals surface area contributed by atoms with Crippen LogP contribution in [-0.4, -0.2) is 14.3 Å². The molecule has 0 saturated carbocycles. The van der Waals surface area contributed by atoms with E-state index in [0.717, 1.165) is 17.7 Å². The van der Waals surface area contributed by atoms with Crippen molar-refractivity contribution < 1.29 is 22.0 Å². The minimum absolute atomic E-state index is 0.121. The highest BCUT2D eigenvalue weighted by Crippen LogP contribution is 2.22. The maximum atomic E-state index is 13.7. The molecule has 3 aromatic carbocycles. The van der Waals surface area contributed by atoms with Crippen molar-refractivity contribution in [3.05, 3.63) is 89.0 Å². The van der Waals surface area contributed by atoms with Gasteiger partial charge in [-0.2, -0.15) is 0 Å². The van der Waals surface area contributed by atoms with E-state index in [4.69, 9.17) is 0 Å². The van der Waals surface area contributed by atoms with Crippen LogP contribution in [0.5, 0.6) is 0 Å². The molecule has 0 heterocycles. The first-order valence-corrected chi connectivity index (χ1v) is 10.1. The van der Waals surface area contributed by atoms with Gasteiger partial charge >= 0.3 is 0 Å². The summed E-state index contributed by atoms with van der Waals surface area (Å²) in [5, 5.41) is 2.36. The number of amides is 1. The Morgan fingerprint density at radius 2 is 1.52 bits per heavy atom. The maximum absolute atomic E-state index is 13.7. The van der Waals surface area contributed by atoms with E-state index < -0.39 is 27.6 Å². The minimum atomic E-state index is -3.78. The Kier molecular flexibility index (Phi) is 5.65. The van der Waals surface area contributed by atoms with Crippen LogP contribution in [-0.2, 0) is 10.0 Å². The van der Waals surface area contributed by atoms with Gasteiger partial charge in [-0.15, -0.1) is 0 Å². The van der Waals surface area contributed by atoms with E-state index in [1.807, 2.05) is 6.92 Å². The molecule has 3 rings (SSSR count). The van der Waals surface area contributed by atoms with E-state index in [9.17, 15) is 22.0 Å². The Labute approximate surface area is 167 Å². The standard InChI is InChI=1S/C21H18F2N2O3S/c1-13-3-7-17(8-4-13)29(27,28)25-19-9-5-15(11-14(19)2)21(26)24-20-10-6-16(22)12-18(20)23/h3-12,25H,1-2H3,(H,24,26). The molecule has 0 aliphatic rings. The lowest BCUT2D eigenvalue weighted by Crippen LogP contribution is -2.16. The lowest BCUT2D eigenvalue weighted by atomic mass is 10.1. The number of nitrogens with one attached hydrogen (secondary N) is 2. The fraction of sp³-hybridized carbons (Fsp3) is 0.0952. The highest BCUT2D eigenvalue weighted by atomic mass is 32.2. The van der Waals surface area contributed by atoms with Crippen LogP contribution in [0.15, 0.2) is 65.6 Å². The monoisotopic (exact) mass is 416 g/mol. The summed E-state index contributed by atoms with van der Waals surface area (Å²) in [6.07, 6.45) is 0. The molecule has 3 aromatic rings. The number of anilines is 2. The van der Waals surface area contributed by atoms with Crippen LogP contribution in [0.2, 0.25) is 0 Å². The van der Waals surface area contributed by atoms with Crippen LogP contribution < -0.4 is 10.0 Å². The number of carbonyl (C=O) groups excluding carboxylic acids is 1. The first-order valence-electron chi connectivity index (χ1n) is 8.62. The Hall–Kier alpha value is -3.26. The number of hydrogen-bond donors (Lipinski definition) is 2. The summed E-state index contributed by atoms with van der Waals surface area (Å²) in [6.45, 7) is 3.50. The van der Waals surface area contributed by atoms with Crippen molar-refractivity contribution in [3.8, 4) is 0 Å². The van der Waals surface area contributed by atoms with Gasteiger partial charge in [0.05, 0.1) is 16.3 Å². The molecule has 0 aliphatic heterocycles. The van der Waals surface area contributed by atoms with Crippen LogP contribution in [0.25, 0.3) is 0 Å². The predicted octanol–water partition coefficient (Wildman–Crippen LogP) is 4.63. The van der Waals surface area contributed by atoms with E-state index in [1.165, 1.54) is 30.3 Å². The zero-order valence-corrected chi connectivity index (χ0v) is 16.5.